The number of carbonyl (C=O) groups is 2. The van der Waals surface area contributed by atoms with Gasteiger partial charge in [0.2, 0.25) is 11.8 Å². The number of rotatable bonds is 8. The van der Waals surface area contributed by atoms with E-state index in [0.717, 1.165) is 10.9 Å². The highest BCUT2D eigenvalue weighted by molar-refractivity contribution is 7.95. The van der Waals surface area contributed by atoms with Gasteiger partial charge in [-0.2, -0.15) is 0 Å². The summed E-state index contributed by atoms with van der Waals surface area (Å²) in [6.45, 7) is 0. The average Bonchev–Trinajstić information content (AvgIpc) is 2.57. The molecule has 8 nitrogen and oxygen atoms in total. The second kappa shape index (κ2) is 9.18. The third-order valence-electron chi connectivity index (χ3n) is 3.22. The van der Waals surface area contributed by atoms with Gasteiger partial charge in [-0.05, 0) is 29.6 Å². The lowest BCUT2D eigenvalue weighted by Crippen LogP contribution is -2.27. The Hall–Kier alpha value is -2.20. The molecule has 0 saturated carbocycles. The van der Waals surface area contributed by atoms with Crippen LogP contribution in [0.3, 0.4) is 0 Å². The van der Waals surface area contributed by atoms with Crippen molar-refractivity contribution < 1.29 is 14.8 Å². The fourth-order valence-corrected chi connectivity index (χ4v) is 2.44. The van der Waals surface area contributed by atoms with Gasteiger partial charge in [0.25, 0.3) is 0 Å². The molecule has 24 heavy (non-hydrogen) atoms. The highest BCUT2D eigenvalue weighted by Crippen LogP contribution is 2.20. The second-order valence-corrected chi connectivity index (χ2v) is 5.82. The van der Waals surface area contributed by atoms with Crippen LogP contribution in [0.25, 0.3) is 10.9 Å². The Morgan fingerprint density at radius 1 is 1.17 bits per heavy atom. The van der Waals surface area contributed by atoms with Crippen molar-refractivity contribution in [3.05, 3.63) is 36.5 Å². The molecule has 2 aromatic rings. The van der Waals surface area contributed by atoms with Gasteiger partial charge in [-0.3, -0.25) is 24.5 Å². The molecule has 128 valence electrons. The highest BCUT2D eigenvalue weighted by Gasteiger charge is 2.08. The van der Waals surface area contributed by atoms with Crippen LogP contribution in [0.1, 0.15) is 25.7 Å². The first-order chi connectivity index (χ1) is 11.6. The van der Waals surface area contributed by atoms with E-state index >= 15 is 0 Å². The van der Waals surface area contributed by atoms with E-state index in [4.69, 9.17) is 11.0 Å². The molecule has 9 heteroatoms. The number of fused-ring (bicyclic) bond motifs is 1. The number of hydrogen-bond acceptors (Lipinski definition) is 7. The van der Waals surface area contributed by atoms with Crippen molar-refractivity contribution in [3.8, 4) is 0 Å². The summed E-state index contributed by atoms with van der Waals surface area (Å²) in [5, 5.41) is 12.5. The molecular weight excluding hydrogens is 330 g/mol. The molecule has 0 aliphatic carbocycles. The van der Waals surface area contributed by atoms with Gasteiger partial charge in [0.1, 0.15) is 0 Å². The van der Waals surface area contributed by atoms with Gasteiger partial charge in [0, 0.05) is 24.4 Å². The predicted molar refractivity (Wildman–Crippen MR) is 92.4 cm³/mol. The van der Waals surface area contributed by atoms with E-state index in [1.54, 1.807) is 6.20 Å². The smallest absolute Gasteiger partial charge is 0.230 e. The van der Waals surface area contributed by atoms with Crippen LogP contribution in [-0.4, -0.2) is 26.6 Å². The zero-order valence-corrected chi connectivity index (χ0v) is 13.8. The number of nitrogens with one attached hydrogen (secondary N) is 2. The molecule has 0 fully saturated rings. The minimum Gasteiger partial charge on any atom is -0.324 e. The van der Waals surface area contributed by atoms with E-state index < -0.39 is 0 Å². The van der Waals surface area contributed by atoms with Gasteiger partial charge in [-0.25, -0.2) is 5.84 Å². The maximum Gasteiger partial charge on any atom is 0.230 e. The van der Waals surface area contributed by atoms with E-state index in [2.05, 4.69) is 15.0 Å². The molecule has 0 spiro atoms. The summed E-state index contributed by atoms with van der Waals surface area (Å²) in [5.41, 5.74) is 1.43. The molecule has 1 aromatic heterocycles. The SMILES string of the molecule is NN(O)SNC(=O)CCCCC(=O)Nc1cccc2cccnc12. The number of pyridine rings is 1. The number of hydrogen-bond donors (Lipinski definition) is 4. The quantitative estimate of drug-likeness (QED) is 0.249. The minimum atomic E-state index is -0.261. The van der Waals surface area contributed by atoms with Gasteiger partial charge in [0.15, 0.2) is 0 Å². The number of carbonyl (C=O) groups excluding carboxylic acids is 2. The van der Waals surface area contributed by atoms with Gasteiger partial charge in [-0.15, -0.1) is 0 Å². The highest BCUT2D eigenvalue weighted by atomic mass is 32.2. The van der Waals surface area contributed by atoms with Crippen LogP contribution >= 0.6 is 12.1 Å². The topological polar surface area (TPSA) is 121 Å². The first kappa shape index (κ1) is 18.1. The number of nitrogens with two attached hydrogens (primary N) is 1. The fraction of sp³-hybridized carbons (Fsp3) is 0.267. The van der Waals surface area contributed by atoms with Gasteiger partial charge < -0.3 is 5.32 Å². The number of anilines is 1. The first-order valence-electron chi connectivity index (χ1n) is 7.39. The summed E-state index contributed by atoms with van der Waals surface area (Å²) in [4.78, 5) is 27.7. The van der Waals surface area contributed by atoms with Crippen molar-refractivity contribution in [2.75, 3.05) is 5.32 Å². The van der Waals surface area contributed by atoms with Crippen molar-refractivity contribution in [2.45, 2.75) is 25.7 Å². The predicted octanol–water partition coefficient (Wildman–Crippen LogP) is 1.98. The molecule has 0 aliphatic heterocycles. The Morgan fingerprint density at radius 3 is 2.62 bits per heavy atom. The summed E-state index contributed by atoms with van der Waals surface area (Å²) < 4.78 is 2.66. The number of unbranched alkanes of at least 4 members (excludes halogenated alkanes) is 1. The maximum absolute atomic E-state index is 12.0. The monoisotopic (exact) mass is 349 g/mol. The van der Waals surface area contributed by atoms with Crippen molar-refractivity contribution >= 4 is 40.5 Å². The summed E-state index contributed by atoms with van der Waals surface area (Å²) in [6.07, 6.45) is 3.39. The van der Waals surface area contributed by atoms with Crippen LogP contribution in [0.15, 0.2) is 36.5 Å². The van der Waals surface area contributed by atoms with Crippen molar-refractivity contribution in [3.63, 3.8) is 0 Å². The first-order valence-corrected chi connectivity index (χ1v) is 8.16. The molecule has 2 amide bonds. The molecule has 0 saturated heterocycles. The Labute approximate surface area is 143 Å². The van der Waals surface area contributed by atoms with Crippen LogP contribution in [0.5, 0.6) is 0 Å². The lowest BCUT2D eigenvalue weighted by Gasteiger charge is -2.08. The van der Waals surface area contributed by atoms with Crippen molar-refractivity contribution in [1.82, 2.24) is 14.3 Å². The third-order valence-corrected chi connectivity index (χ3v) is 3.72. The summed E-state index contributed by atoms with van der Waals surface area (Å²) in [6, 6.07) is 9.39. The lowest BCUT2D eigenvalue weighted by molar-refractivity contribution is -0.120. The second-order valence-electron chi connectivity index (χ2n) is 5.06. The molecule has 1 heterocycles. The van der Waals surface area contributed by atoms with E-state index in [1.807, 2.05) is 30.3 Å². The largest absolute Gasteiger partial charge is 0.324 e. The van der Waals surface area contributed by atoms with E-state index in [-0.39, 0.29) is 18.2 Å². The van der Waals surface area contributed by atoms with Crippen molar-refractivity contribution in [1.29, 1.82) is 0 Å². The molecule has 0 radical (unpaired) electrons. The normalized spacial score (nSPS) is 10.8. The third kappa shape index (κ3) is 5.78. The summed E-state index contributed by atoms with van der Waals surface area (Å²) in [5.74, 6) is 4.55. The van der Waals surface area contributed by atoms with Crippen LogP contribution in [-0.2, 0) is 9.59 Å². The zero-order valence-electron chi connectivity index (χ0n) is 12.9. The standard InChI is InChI=1S/C15H19N5O3S/c16-20(23)24-19-14(22)9-2-1-8-13(21)18-12-7-3-5-11-6-4-10-17-15(11)12/h3-7,10,23H,1-2,8-9,16H2,(H,18,21)(H,19,22). The molecule has 0 unspecified atom stereocenters. The van der Waals surface area contributed by atoms with E-state index in [9.17, 15) is 9.59 Å². The molecule has 0 atom stereocenters. The molecular formula is C15H19N5O3S. The summed E-state index contributed by atoms with van der Waals surface area (Å²) in [7, 11) is 0. The Kier molecular flexibility index (Phi) is 6.94. The fourth-order valence-electron chi connectivity index (χ4n) is 2.14. The molecule has 1 aromatic carbocycles. The molecule has 0 aliphatic rings. The number of amides is 2. The van der Waals surface area contributed by atoms with Crippen molar-refractivity contribution in [2.24, 2.45) is 5.84 Å². The number of aromatic nitrogens is 1. The number of para-hydroxylation sites is 1. The van der Waals surface area contributed by atoms with Crippen LogP contribution < -0.4 is 15.9 Å². The lowest BCUT2D eigenvalue weighted by atomic mass is 10.1. The number of benzene rings is 1. The zero-order chi connectivity index (χ0) is 17.4. The van der Waals surface area contributed by atoms with Gasteiger partial charge in [0.05, 0.1) is 23.3 Å². The van der Waals surface area contributed by atoms with E-state index in [0.29, 0.717) is 41.7 Å². The Balaban J connectivity index is 1.74. The van der Waals surface area contributed by atoms with Gasteiger partial charge >= 0.3 is 0 Å². The molecule has 0 bridgehead atoms. The average molecular weight is 349 g/mol. The molecule has 2 rings (SSSR count). The van der Waals surface area contributed by atoms with Crippen LogP contribution in [0.2, 0.25) is 0 Å². The van der Waals surface area contributed by atoms with Crippen LogP contribution in [0.4, 0.5) is 5.69 Å². The van der Waals surface area contributed by atoms with Gasteiger partial charge in [-0.1, -0.05) is 18.2 Å². The van der Waals surface area contributed by atoms with Crippen LogP contribution in [0, 0.1) is 0 Å². The minimum absolute atomic E-state index is 0.119. The maximum atomic E-state index is 12.0. The number of hydrazine groups is 1. The summed E-state index contributed by atoms with van der Waals surface area (Å²) >= 11 is 0.587. The Morgan fingerprint density at radius 2 is 1.88 bits per heavy atom. The Bertz CT molecular complexity index is 705. The number of nitrogens with zero attached hydrogens (tertiary/aromatic N) is 2. The molecule has 5 N–H and O–H groups in total. The van der Waals surface area contributed by atoms with E-state index in [1.165, 1.54) is 0 Å².